The highest BCUT2D eigenvalue weighted by molar-refractivity contribution is 6.08. The molecule has 0 unspecified atom stereocenters. The quantitative estimate of drug-likeness (QED) is 0.489. The number of hydrazine groups is 1. The summed E-state index contributed by atoms with van der Waals surface area (Å²) in [6.45, 7) is 0.396. The molecule has 31 heavy (non-hydrogen) atoms. The highest BCUT2D eigenvalue weighted by Crippen LogP contribution is 2.23. The van der Waals surface area contributed by atoms with Gasteiger partial charge in [0.2, 0.25) is 0 Å². The molecule has 154 valence electrons. The van der Waals surface area contributed by atoms with Crippen molar-refractivity contribution in [2.45, 2.75) is 6.61 Å². The zero-order chi connectivity index (χ0) is 21.6. The Morgan fingerprint density at radius 3 is 2.48 bits per heavy atom. The fourth-order valence-electron chi connectivity index (χ4n) is 3.23. The van der Waals surface area contributed by atoms with Gasteiger partial charge in [0.05, 0.1) is 29.1 Å². The van der Waals surface area contributed by atoms with E-state index in [2.05, 4.69) is 20.8 Å². The molecule has 2 N–H and O–H groups in total. The van der Waals surface area contributed by atoms with E-state index in [0.29, 0.717) is 40.0 Å². The Hall–Kier alpha value is -4.10. The lowest BCUT2D eigenvalue weighted by atomic mass is 10.1. The third kappa shape index (κ3) is 4.57. The SMILES string of the molecule is COCc1cccc(C(=O)NNC(=O)c2cc(-c3ccccn3)nc3ccccc23)c1. The lowest BCUT2D eigenvalue weighted by Gasteiger charge is -2.11. The zero-order valence-electron chi connectivity index (χ0n) is 16.8. The number of ether oxygens (including phenoxy) is 1. The molecule has 2 amide bonds. The Morgan fingerprint density at radius 1 is 0.871 bits per heavy atom. The number of nitrogens with zero attached hydrogens (tertiary/aromatic N) is 2. The summed E-state index contributed by atoms with van der Waals surface area (Å²) >= 11 is 0. The molecule has 2 aromatic carbocycles. The van der Waals surface area contributed by atoms with Crippen LogP contribution in [0.25, 0.3) is 22.3 Å². The van der Waals surface area contributed by atoms with Gasteiger partial charge in [-0.25, -0.2) is 4.98 Å². The van der Waals surface area contributed by atoms with Crippen molar-refractivity contribution < 1.29 is 14.3 Å². The molecule has 0 saturated carbocycles. The van der Waals surface area contributed by atoms with Crippen LogP contribution in [0.1, 0.15) is 26.3 Å². The first-order valence-corrected chi connectivity index (χ1v) is 9.65. The van der Waals surface area contributed by atoms with E-state index < -0.39 is 11.8 Å². The molecule has 0 aliphatic rings. The van der Waals surface area contributed by atoms with Crippen molar-refractivity contribution in [3.8, 4) is 11.4 Å². The molecule has 7 heteroatoms. The maximum Gasteiger partial charge on any atom is 0.270 e. The fraction of sp³-hybridized carbons (Fsp3) is 0.0833. The minimum atomic E-state index is -0.447. The zero-order valence-corrected chi connectivity index (χ0v) is 16.8. The van der Waals surface area contributed by atoms with Gasteiger partial charge in [0.25, 0.3) is 11.8 Å². The molecule has 0 saturated heterocycles. The van der Waals surface area contributed by atoms with Gasteiger partial charge in [-0.1, -0.05) is 36.4 Å². The summed E-state index contributed by atoms with van der Waals surface area (Å²) in [6, 6.07) is 21.5. The number of fused-ring (bicyclic) bond motifs is 1. The van der Waals surface area contributed by atoms with Crippen molar-refractivity contribution >= 4 is 22.7 Å². The van der Waals surface area contributed by atoms with E-state index in [4.69, 9.17) is 4.74 Å². The Balaban J connectivity index is 1.59. The molecule has 0 bridgehead atoms. The van der Waals surface area contributed by atoms with Gasteiger partial charge in [0, 0.05) is 24.3 Å². The molecule has 0 aliphatic heterocycles. The predicted molar refractivity (Wildman–Crippen MR) is 117 cm³/mol. The van der Waals surface area contributed by atoms with E-state index in [1.807, 2.05) is 48.5 Å². The third-order valence-corrected chi connectivity index (χ3v) is 4.68. The van der Waals surface area contributed by atoms with Gasteiger partial charge in [0.1, 0.15) is 0 Å². The topological polar surface area (TPSA) is 93.2 Å². The van der Waals surface area contributed by atoms with Gasteiger partial charge in [-0.05, 0) is 42.0 Å². The van der Waals surface area contributed by atoms with Gasteiger partial charge in [-0.2, -0.15) is 0 Å². The molecule has 4 aromatic rings. The molecular formula is C24H20N4O3. The standard InChI is InChI=1S/C24H20N4O3/c1-31-15-16-7-6-8-17(13-16)23(29)27-28-24(30)19-14-22(21-11-4-5-12-25-21)26-20-10-3-2-9-18(19)20/h2-14H,15H2,1H3,(H,27,29)(H,28,30). The Labute approximate surface area is 179 Å². The first-order chi connectivity index (χ1) is 15.2. The maximum atomic E-state index is 13.0. The molecule has 0 spiro atoms. The summed E-state index contributed by atoms with van der Waals surface area (Å²) in [7, 11) is 1.59. The van der Waals surface area contributed by atoms with E-state index in [9.17, 15) is 9.59 Å². The van der Waals surface area contributed by atoms with Crippen LogP contribution >= 0.6 is 0 Å². The lowest BCUT2D eigenvalue weighted by Crippen LogP contribution is -2.41. The Morgan fingerprint density at radius 2 is 1.68 bits per heavy atom. The number of carbonyl (C=O) groups is 2. The highest BCUT2D eigenvalue weighted by atomic mass is 16.5. The van der Waals surface area contributed by atoms with Crippen molar-refractivity contribution in [2.24, 2.45) is 0 Å². The Bertz CT molecular complexity index is 1240. The van der Waals surface area contributed by atoms with Crippen LogP contribution < -0.4 is 10.9 Å². The second-order valence-corrected chi connectivity index (χ2v) is 6.83. The van der Waals surface area contributed by atoms with Gasteiger partial charge in [0.15, 0.2) is 0 Å². The summed E-state index contributed by atoms with van der Waals surface area (Å²) in [6.07, 6.45) is 1.67. The van der Waals surface area contributed by atoms with Crippen LogP contribution in [0.4, 0.5) is 0 Å². The summed E-state index contributed by atoms with van der Waals surface area (Å²) in [5.41, 5.74) is 8.54. The lowest BCUT2D eigenvalue weighted by molar-refractivity contribution is 0.0847. The summed E-state index contributed by atoms with van der Waals surface area (Å²) < 4.78 is 5.09. The number of amides is 2. The van der Waals surface area contributed by atoms with Gasteiger partial charge >= 0.3 is 0 Å². The highest BCUT2D eigenvalue weighted by Gasteiger charge is 2.15. The molecule has 0 fully saturated rings. The van der Waals surface area contributed by atoms with Crippen LogP contribution in [0.5, 0.6) is 0 Å². The van der Waals surface area contributed by atoms with E-state index in [-0.39, 0.29) is 0 Å². The molecule has 2 aromatic heterocycles. The maximum absolute atomic E-state index is 13.0. The van der Waals surface area contributed by atoms with Crippen LogP contribution in [0.2, 0.25) is 0 Å². The number of benzene rings is 2. The van der Waals surface area contributed by atoms with E-state index >= 15 is 0 Å². The van der Waals surface area contributed by atoms with Crippen LogP contribution in [-0.2, 0) is 11.3 Å². The predicted octanol–water partition coefficient (Wildman–Crippen LogP) is 3.52. The summed E-state index contributed by atoms with van der Waals surface area (Å²) in [5, 5.41) is 0.677. The summed E-state index contributed by atoms with van der Waals surface area (Å²) in [5.74, 6) is -0.869. The minimum Gasteiger partial charge on any atom is -0.380 e. The molecule has 2 heterocycles. The first-order valence-electron chi connectivity index (χ1n) is 9.65. The molecular weight excluding hydrogens is 392 g/mol. The summed E-state index contributed by atoms with van der Waals surface area (Å²) in [4.78, 5) is 34.4. The van der Waals surface area contributed by atoms with Gasteiger partial charge < -0.3 is 4.74 Å². The van der Waals surface area contributed by atoms with Crippen molar-refractivity contribution in [2.75, 3.05) is 7.11 Å². The van der Waals surface area contributed by atoms with Crippen LogP contribution in [-0.4, -0.2) is 28.9 Å². The average molecular weight is 412 g/mol. The van der Waals surface area contributed by atoms with Crippen LogP contribution in [0, 0.1) is 0 Å². The fourth-order valence-corrected chi connectivity index (χ4v) is 3.23. The van der Waals surface area contributed by atoms with Crippen LogP contribution in [0.15, 0.2) is 79.0 Å². The smallest absolute Gasteiger partial charge is 0.270 e. The number of methoxy groups -OCH3 is 1. The van der Waals surface area contributed by atoms with Gasteiger partial charge in [-0.15, -0.1) is 0 Å². The molecule has 0 radical (unpaired) electrons. The van der Waals surface area contributed by atoms with Crippen molar-refractivity contribution in [3.63, 3.8) is 0 Å². The van der Waals surface area contributed by atoms with E-state index in [1.165, 1.54) is 0 Å². The number of hydrogen-bond donors (Lipinski definition) is 2. The second-order valence-electron chi connectivity index (χ2n) is 6.83. The normalized spacial score (nSPS) is 10.6. The van der Waals surface area contributed by atoms with Crippen molar-refractivity contribution in [1.29, 1.82) is 0 Å². The molecule has 7 nitrogen and oxygen atoms in total. The molecule has 4 rings (SSSR count). The number of nitrogens with one attached hydrogen (secondary N) is 2. The number of rotatable bonds is 5. The number of hydrogen-bond acceptors (Lipinski definition) is 5. The largest absolute Gasteiger partial charge is 0.380 e. The second kappa shape index (κ2) is 9.15. The number of pyridine rings is 2. The van der Waals surface area contributed by atoms with Gasteiger partial charge in [-0.3, -0.25) is 25.4 Å². The van der Waals surface area contributed by atoms with Crippen molar-refractivity contribution in [3.05, 3.63) is 95.7 Å². The van der Waals surface area contributed by atoms with Crippen molar-refractivity contribution in [1.82, 2.24) is 20.8 Å². The number of aromatic nitrogens is 2. The van der Waals surface area contributed by atoms with E-state index in [0.717, 1.165) is 5.56 Å². The Kier molecular flexibility index (Phi) is 5.96. The monoisotopic (exact) mass is 412 g/mol. The third-order valence-electron chi connectivity index (χ3n) is 4.68. The first kappa shape index (κ1) is 20.2. The number of para-hydroxylation sites is 1. The average Bonchev–Trinajstić information content (AvgIpc) is 2.82. The minimum absolute atomic E-state index is 0.389. The molecule has 0 atom stereocenters. The molecule has 0 aliphatic carbocycles. The van der Waals surface area contributed by atoms with E-state index in [1.54, 1.807) is 37.6 Å². The van der Waals surface area contributed by atoms with Crippen LogP contribution in [0.3, 0.4) is 0 Å². The number of carbonyl (C=O) groups excluding carboxylic acids is 2.